The van der Waals surface area contributed by atoms with Gasteiger partial charge in [-0.1, -0.05) is 11.6 Å². The Kier molecular flexibility index (Phi) is 4.62. The van der Waals surface area contributed by atoms with Crippen molar-refractivity contribution in [3.63, 3.8) is 0 Å². The molecule has 1 saturated heterocycles. The molecule has 1 aliphatic rings. The van der Waals surface area contributed by atoms with Crippen LogP contribution in [0.5, 0.6) is 0 Å². The molecule has 0 unspecified atom stereocenters. The van der Waals surface area contributed by atoms with Gasteiger partial charge >= 0.3 is 0 Å². The maximum Gasteiger partial charge on any atom is 0.254 e. The van der Waals surface area contributed by atoms with Crippen LogP contribution in [0.15, 0.2) is 18.2 Å². The molecule has 0 aliphatic carbocycles. The number of carbonyl (C=O) groups is 2. The fourth-order valence-corrected chi connectivity index (χ4v) is 2.34. The lowest BCUT2D eigenvalue weighted by Crippen LogP contribution is -2.35. The smallest absolute Gasteiger partial charge is 0.254 e. The zero-order valence-electron chi connectivity index (χ0n) is 11.6. The van der Waals surface area contributed by atoms with Crippen LogP contribution >= 0.6 is 11.6 Å². The molecule has 20 heavy (non-hydrogen) atoms. The number of benzene rings is 1. The van der Waals surface area contributed by atoms with Crippen LogP contribution in [0.3, 0.4) is 0 Å². The molecule has 5 nitrogen and oxygen atoms in total. The number of anilines is 1. The number of halogens is 1. The molecule has 0 radical (unpaired) electrons. The minimum absolute atomic E-state index is 0.0759. The molecule has 1 aromatic carbocycles. The highest BCUT2D eigenvalue weighted by atomic mass is 35.5. The predicted molar refractivity (Wildman–Crippen MR) is 79.1 cm³/mol. The maximum absolute atomic E-state index is 12.0. The molecule has 1 aromatic rings. The van der Waals surface area contributed by atoms with Gasteiger partial charge in [0, 0.05) is 19.8 Å². The van der Waals surface area contributed by atoms with E-state index in [0.29, 0.717) is 16.3 Å². The van der Waals surface area contributed by atoms with Gasteiger partial charge in [0.15, 0.2) is 0 Å². The average molecular weight is 296 g/mol. The number of rotatable bonds is 3. The summed E-state index contributed by atoms with van der Waals surface area (Å²) in [4.78, 5) is 25.4. The zero-order chi connectivity index (χ0) is 14.7. The van der Waals surface area contributed by atoms with E-state index in [1.165, 1.54) is 4.90 Å². The molecule has 1 atom stereocenters. The summed E-state index contributed by atoms with van der Waals surface area (Å²) in [6.07, 6.45) is 1.84. The number of nitrogens with one attached hydrogen (secondary N) is 2. The lowest BCUT2D eigenvalue weighted by Gasteiger charge is -2.14. The third-order valence-corrected chi connectivity index (χ3v) is 3.58. The van der Waals surface area contributed by atoms with Crippen molar-refractivity contribution in [1.82, 2.24) is 10.2 Å². The van der Waals surface area contributed by atoms with Crippen LogP contribution in [0.4, 0.5) is 5.69 Å². The normalized spacial score (nSPS) is 17.9. The lowest BCUT2D eigenvalue weighted by molar-refractivity contribution is -0.117. The van der Waals surface area contributed by atoms with Crippen LogP contribution in [-0.2, 0) is 4.79 Å². The lowest BCUT2D eigenvalue weighted by atomic mass is 10.1. The van der Waals surface area contributed by atoms with Crippen LogP contribution in [-0.4, -0.2) is 43.4 Å². The minimum atomic E-state index is -0.190. The monoisotopic (exact) mass is 295 g/mol. The second kappa shape index (κ2) is 6.24. The van der Waals surface area contributed by atoms with Crippen LogP contribution in [0.2, 0.25) is 5.02 Å². The van der Waals surface area contributed by atoms with Crippen LogP contribution in [0.25, 0.3) is 0 Å². The van der Waals surface area contributed by atoms with Gasteiger partial charge in [-0.05, 0) is 37.6 Å². The Hall–Kier alpha value is -1.59. The molecular formula is C14H18ClN3O2. The Morgan fingerprint density at radius 1 is 1.40 bits per heavy atom. The zero-order valence-corrected chi connectivity index (χ0v) is 12.3. The second-order valence-corrected chi connectivity index (χ2v) is 5.44. The van der Waals surface area contributed by atoms with Crippen molar-refractivity contribution in [2.75, 3.05) is 26.0 Å². The van der Waals surface area contributed by atoms with E-state index < -0.39 is 0 Å². The maximum atomic E-state index is 12.0. The van der Waals surface area contributed by atoms with Crippen molar-refractivity contribution in [3.05, 3.63) is 28.8 Å². The first-order valence-electron chi connectivity index (χ1n) is 6.54. The molecule has 1 aliphatic heterocycles. The Labute approximate surface area is 123 Å². The fraction of sp³-hybridized carbons (Fsp3) is 0.429. The van der Waals surface area contributed by atoms with Crippen molar-refractivity contribution in [2.24, 2.45) is 0 Å². The van der Waals surface area contributed by atoms with E-state index in [1.54, 1.807) is 32.3 Å². The molecule has 1 fully saturated rings. The molecule has 2 N–H and O–H groups in total. The van der Waals surface area contributed by atoms with Gasteiger partial charge in [-0.15, -0.1) is 0 Å². The first kappa shape index (κ1) is 14.8. The predicted octanol–water partition coefficient (Wildman–Crippen LogP) is 1.73. The average Bonchev–Trinajstić information content (AvgIpc) is 2.94. The van der Waals surface area contributed by atoms with E-state index in [4.69, 9.17) is 11.6 Å². The van der Waals surface area contributed by atoms with E-state index in [2.05, 4.69) is 10.6 Å². The largest absolute Gasteiger partial charge is 0.345 e. The SMILES string of the molecule is CN(C)C(=O)c1cc(NC(=O)[C@@H]2CCCN2)ccc1Cl. The molecular weight excluding hydrogens is 278 g/mol. The van der Waals surface area contributed by atoms with Gasteiger partial charge in [-0.2, -0.15) is 0 Å². The highest BCUT2D eigenvalue weighted by Gasteiger charge is 2.22. The van der Waals surface area contributed by atoms with Gasteiger partial charge in [0.05, 0.1) is 16.6 Å². The first-order valence-corrected chi connectivity index (χ1v) is 6.92. The summed E-state index contributed by atoms with van der Waals surface area (Å²) in [5, 5.41) is 6.32. The Morgan fingerprint density at radius 2 is 2.15 bits per heavy atom. The number of carbonyl (C=O) groups excluding carboxylic acids is 2. The van der Waals surface area contributed by atoms with Crippen molar-refractivity contribution in [1.29, 1.82) is 0 Å². The third kappa shape index (κ3) is 3.29. The van der Waals surface area contributed by atoms with Crippen molar-refractivity contribution >= 4 is 29.1 Å². The summed E-state index contributed by atoms with van der Waals surface area (Å²) in [7, 11) is 3.32. The van der Waals surface area contributed by atoms with Gasteiger partial charge in [0.25, 0.3) is 5.91 Å². The van der Waals surface area contributed by atoms with Crippen molar-refractivity contribution in [2.45, 2.75) is 18.9 Å². The summed E-state index contributed by atoms with van der Waals surface area (Å²) in [5.41, 5.74) is 0.965. The molecule has 2 rings (SSSR count). The van der Waals surface area contributed by atoms with E-state index in [1.807, 2.05) is 0 Å². The number of hydrogen-bond acceptors (Lipinski definition) is 3. The van der Waals surface area contributed by atoms with Crippen molar-refractivity contribution in [3.8, 4) is 0 Å². The van der Waals surface area contributed by atoms with Crippen molar-refractivity contribution < 1.29 is 9.59 Å². The fourth-order valence-electron chi connectivity index (χ4n) is 2.15. The first-order chi connectivity index (χ1) is 9.49. The molecule has 6 heteroatoms. The number of nitrogens with zero attached hydrogens (tertiary/aromatic N) is 1. The number of hydrogen-bond donors (Lipinski definition) is 2. The van der Waals surface area contributed by atoms with E-state index in [0.717, 1.165) is 19.4 Å². The quantitative estimate of drug-likeness (QED) is 0.893. The summed E-state index contributed by atoms with van der Waals surface area (Å²) in [5.74, 6) is -0.266. The third-order valence-electron chi connectivity index (χ3n) is 3.25. The van der Waals surface area contributed by atoms with Gasteiger partial charge in [-0.3, -0.25) is 9.59 Å². The molecule has 0 saturated carbocycles. The Morgan fingerprint density at radius 3 is 2.75 bits per heavy atom. The van der Waals surface area contributed by atoms with Gasteiger partial charge in [0.2, 0.25) is 5.91 Å². The molecule has 108 valence electrons. The summed E-state index contributed by atoms with van der Waals surface area (Å²) in [6.45, 7) is 0.864. The summed E-state index contributed by atoms with van der Waals surface area (Å²) < 4.78 is 0. The van der Waals surface area contributed by atoms with Gasteiger partial charge in [-0.25, -0.2) is 0 Å². The summed E-state index contributed by atoms with van der Waals surface area (Å²) >= 11 is 6.03. The summed E-state index contributed by atoms with van der Waals surface area (Å²) in [6, 6.07) is 4.77. The minimum Gasteiger partial charge on any atom is -0.345 e. The molecule has 0 bridgehead atoms. The van der Waals surface area contributed by atoms with Crippen LogP contribution in [0, 0.1) is 0 Å². The Bertz CT molecular complexity index is 525. The molecule has 0 aromatic heterocycles. The molecule has 1 heterocycles. The van der Waals surface area contributed by atoms with E-state index >= 15 is 0 Å². The molecule has 0 spiro atoms. The standard InChI is InChI=1S/C14H18ClN3O2/c1-18(2)14(20)10-8-9(5-6-11(10)15)17-13(19)12-4-3-7-16-12/h5-6,8,12,16H,3-4,7H2,1-2H3,(H,17,19)/t12-/m0/s1. The van der Waals surface area contributed by atoms with Gasteiger partial charge in [0.1, 0.15) is 0 Å². The van der Waals surface area contributed by atoms with Gasteiger partial charge < -0.3 is 15.5 Å². The van der Waals surface area contributed by atoms with E-state index in [-0.39, 0.29) is 17.9 Å². The Balaban J connectivity index is 2.14. The second-order valence-electron chi connectivity index (χ2n) is 5.03. The number of amides is 2. The van der Waals surface area contributed by atoms with Crippen LogP contribution < -0.4 is 10.6 Å². The highest BCUT2D eigenvalue weighted by molar-refractivity contribution is 6.34. The molecule has 2 amide bonds. The van der Waals surface area contributed by atoms with E-state index in [9.17, 15) is 9.59 Å². The highest BCUT2D eigenvalue weighted by Crippen LogP contribution is 2.22. The van der Waals surface area contributed by atoms with Crippen LogP contribution in [0.1, 0.15) is 23.2 Å². The topological polar surface area (TPSA) is 61.4 Å².